The van der Waals surface area contributed by atoms with Crippen molar-refractivity contribution < 1.29 is 4.39 Å². The number of benzene rings is 2. The summed E-state index contributed by atoms with van der Waals surface area (Å²) in [5, 5.41) is 8.52. The van der Waals surface area contributed by atoms with Crippen LogP contribution in [0, 0.1) is 24.4 Å². The first-order chi connectivity index (χ1) is 13.5. The average molecular weight is 399 g/mol. The normalized spacial score (nSPS) is 15.2. The lowest BCUT2D eigenvalue weighted by molar-refractivity contribution is 0.193. The number of hydrogen-bond acceptors (Lipinski definition) is 5. The minimum Gasteiger partial charge on any atom is -0.369 e. The Kier molecular flexibility index (Phi) is 5.23. The van der Waals surface area contributed by atoms with Crippen molar-refractivity contribution in [2.45, 2.75) is 20.5 Å². The van der Waals surface area contributed by atoms with E-state index in [1.165, 1.54) is 23.3 Å². The third-order valence-corrected chi connectivity index (χ3v) is 5.37. The molecule has 0 radical (unpaired) electrons. The highest BCUT2D eigenvalue weighted by molar-refractivity contribution is 7.71. The topological polar surface area (TPSA) is 42.1 Å². The molecule has 0 aliphatic carbocycles. The summed E-state index contributed by atoms with van der Waals surface area (Å²) in [6.45, 7) is 8.26. The van der Waals surface area contributed by atoms with Crippen LogP contribution in [0.25, 0.3) is 5.69 Å². The summed E-state index contributed by atoms with van der Waals surface area (Å²) in [6.07, 6.45) is 0. The van der Waals surface area contributed by atoms with Crippen LogP contribution in [0.15, 0.2) is 42.5 Å². The van der Waals surface area contributed by atoms with Gasteiger partial charge in [0.25, 0.3) is 0 Å². The Labute approximate surface area is 168 Å². The molecule has 0 bridgehead atoms. The number of nitrogens with zero attached hydrogens (tertiary/aromatic N) is 6. The van der Waals surface area contributed by atoms with Crippen molar-refractivity contribution in [3.63, 3.8) is 0 Å². The predicted octanol–water partition coefficient (Wildman–Crippen LogP) is 3.33. The van der Waals surface area contributed by atoms with E-state index in [0.29, 0.717) is 11.4 Å². The Morgan fingerprint density at radius 3 is 2.18 bits per heavy atom. The molecule has 146 valence electrons. The minimum atomic E-state index is -0.205. The second-order valence-corrected chi connectivity index (χ2v) is 7.61. The van der Waals surface area contributed by atoms with Crippen LogP contribution in [-0.2, 0) is 6.67 Å². The van der Waals surface area contributed by atoms with Crippen molar-refractivity contribution in [3.8, 4) is 5.69 Å². The summed E-state index contributed by atoms with van der Waals surface area (Å²) >= 11 is 5.60. The van der Waals surface area contributed by atoms with Gasteiger partial charge in [-0.3, -0.25) is 4.90 Å². The highest BCUT2D eigenvalue weighted by Crippen LogP contribution is 2.17. The maximum Gasteiger partial charge on any atom is 0.221 e. The predicted molar refractivity (Wildman–Crippen MR) is 110 cm³/mol. The molecule has 1 fully saturated rings. The zero-order chi connectivity index (χ0) is 19.7. The zero-order valence-corrected chi connectivity index (χ0v) is 16.9. The van der Waals surface area contributed by atoms with Gasteiger partial charge in [-0.1, -0.05) is 6.07 Å². The molecule has 0 spiro atoms. The van der Waals surface area contributed by atoms with Gasteiger partial charge in [0.2, 0.25) is 4.77 Å². The van der Waals surface area contributed by atoms with Crippen molar-refractivity contribution >= 4 is 17.9 Å². The number of aromatic nitrogens is 4. The third-order valence-electron chi connectivity index (χ3n) is 4.99. The van der Waals surface area contributed by atoms with Gasteiger partial charge >= 0.3 is 0 Å². The van der Waals surface area contributed by atoms with E-state index in [1.807, 2.05) is 12.1 Å². The molecule has 0 atom stereocenters. The molecular weight excluding hydrogens is 375 g/mol. The largest absolute Gasteiger partial charge is 0.369 e. The molecular formula is C20H23FN6S. The molecule has 28 heavy (non-hydrogen) atoms. The van der Waals surface area contributed by atoms with Crippen LogP contribution in [0.3, 0.4) is 0 Å². The number of anilines is 1. The van der Waals surface area contributed by atoms with Crippen LogP contribution >= 0.6 is 12.2 Å². The quantitative estimate of drug-likeness (QED) is 0.631. The lowest BCUT2D eigenvalue weighted by atomic mass is 10.1. The molecule has 3 aromatic rings. The van der Waals surface area contributed by atoms with E-state index in [9.17, 15) is 4.39 Å². The Balaban J connectivity index is 1.43. The summed E-state index contributed by atoms with van der Waals surface area (Å²) in [7, 11) is 0. The molecule has 0 N–H and O–H groups in total. The van der Waals surface area contributed by atoms with Crippen molar-refractivity contribution in [2.75, 3.05) is 31.1 Å². The molecule has 4 rings (SSSR count). The SMILES string of the molecule is Cc1cc(C)cc(-n2nnn(CN3CCN(c4ccc(F)cc4)CC3)c2=S)c1. The van der Waals surface area contributed by atoms with E-state index >= 15 is 0 Å². The van der Waals surface area contributed by atoms with Gasteiger partial charge < -0.3 is 4.90 Å². The van der Waals surface area contributed by atoms with Crippen molar-refractivity contribution in [3.05, 3.63) is 64.2 Å². The zero-order valence-electron chi connectivity index (χ0n) is 16.0. The number of rotatable bonds is 4. The molecule has 1 aromatic heterocycles. The molecule has 2 aromatic carbocycles. The standard InChI is InChI=1S/C20H23FN6S/c1-15-11-16(2)13-19(12-15)27-20(28)26(22-23-27)14-24-7-9-25(10-8-24)18-5-3-17(21)4-6-18/h3-6,11-13H,7-10,14H2,1-2H3. The van der Waals surface area contributed by atoms with Gasteiger partial charge in [-0.2, -0.15) is 4.68 Å². The second kappa shape index (κ2) is 7.81. The number of aryl methyl sites for hydroxylation is 2. The minimum absolute atomic E-state index is 0.205. The van der Waals surface area contributed by atoms with Crippen LogP contribution < -0.4 is 4.90 Å². The van der Waals surface area contributed by atoms with Crippen molar-refractivity contribution in [1.29, 1.82) is 0 Å². The fraction of sp³-hybridized carbons (Fsp3) is 0.350. The first-order valence-electron chi connectivity index (χ1n) is 9.34. The smallest absolute Gasteiger partial charge is 0.221 e. The monoisotopic (exact) mass is 398 g/mol. The van der Waals surface area contributed by atoms with Gasteiger partial charge in [0, 0.05) is 31.9 Å². The van der Waals surface area contributed by atoms with E-state index in [-0.39, 0.29) is 5.82 Å². The Morgan fingerprint density at radius 1 is 0.893 bits per heavy atom. The highest BCUT2D eigenvalue weighted by Gasteiger charge is 2.18. The lowest BCUT2D eigenvalue weighted by Crippen LogP contribution is -2.47. The number of piperazine rings is 1. The van der Waals surface area contributed by atoms with Crippen LogP contribution in [0.1, 0.15) is 11.1 Å². The summed E-state index contributed by atoms with van der Waals surface area (Å²) in [4.78, 5) is 4.57. The fourth-order valence-corrected chi connectivity index (χ4v) is 3.82. The van der Waals surface area contributed by atoms with Crippen LogP contribution in [0.2, 0.25) is 0 Å². The molecule has 2 heterocycles. The van der Waals surface area contributed by atoms with Gasteiger partial charge in [0.05, 0.1) is 12.4 Å². The molecule has 0 saturated carbocycles. The van der Waals surface area contributed by atoms with E-state index in [0.717, 1.165) is 37.6 Å². The van der Waals surface area contributed by atoms with Gasteiger partial charge in [0.15, 0.2) is 0 Å². The third kappa shape index (κ3) is 3.98. The summed E-state index contributed by atoms with van der Waals surface area (Å²) in [6, 6.07) is 12.9. The summed E-state index contributed by atoms with van der Waals surface area (Å²) in [5.74, 6) is -0.205. The maximum atomic E-state index is 13.1. The first-order valence-corrected chi connectivity index (χ1v) is 9.75. The van der Waals surface area contributed by atoms with E-state index < -0.39 is 0 Å². The Hall–Kier alpha value is -2.58. The second-order valence-electron chi connectivity index (χ2n) is 7.24. The number of tetrazole rings is 1. The number of halogens is 1. The average Bonchev–Trinajstić information content (AvgIpc) is 3.03. The fourth-order valence-electron chi connectivity index (χ4n) is 3.59. The van der Waals surface area contributed by atoms with Crippen molar-refractivity contribution in [2.24, 2.45) is 0 Å². The molecule has 8 heteroatoms. The molecule has 1 aliphatic rings. The summed E-state index contributed by atoms with van der Waals surface area (Å²) in [5.41, 5.74) is 4.33. The van der Waals surface area contributed by atoms with E-state index in [2.05, 4.69) is 52.3 Å². The molecule has 6 nitrogen and oxygen atoms in total. The van der Waals surface area contributed by atoms with E-state index in [1.54, 1.807) is 9.36 Å². The van der Waals surface area contributed by atoms with Gasteiger partial charge in [-0.15, -0.1) is 0 Å². The van der Waals surface area contributed by atoms with E-state index in [4.69, 9.17) is 12.2 Å². The summed E-state index contributed by atoms with van der Waals surface area (Å²) < 4.78 is 17.2. The van der Waals surface area contributed by atoms with Crippen LogP contribution in [0.4, 0.5) is 10.1 Å². The first kappa shape index (κ1) is 18.8. The lowest BCUT2D eigenvalue weighted by Gasteiger charge is -2.35. The molecule has 1 aliphatic heterocycles. The highest BCUT2D eigenvalue weighted by atomic mass is 32.1. The molecule has 0 amide bonds. The van der Waals surface area contributed by atoms with Gasteiger partial charge in [-0.05, 0) is 84.0 Å². The number of hydrogen-bond donors (Lipinski definition) is 0. The van der Waals surface area contributed by atoms with Gasteiger partial charge in [0.1, 0.15) is 5.82 Å². The van der Waals surface area contributed by atoms with Crippen LogP contribution in [-0.4, -0.2) is 50.9 Å². The van der Waals surface area contributed by atoms with Gasteiger partial charge in [-0.25, -0.2) is 9.07 Å². The molecule has 1 saturated heterocycles. The Bertz CT molecular complexity index is 998. The Morgan fingerprint density at radius 2 is 1.54 bits per heavy atom. The van der Waals surface area contributed by atoms with Crippen molar-refractivity contribution in [1.82, 2.24) is 24.7 Å². The van der Waals surface area contributed by atoms with Crippen LogP contribution in [0.5, 0.6) is 0 Å². The maximum absolute atomic E-state index is 13.1. The molecule has 0 unspecified atom stereocenters.